The van der Waals surface area contributed by atoms with Crippen LogP contribution in [0.4, 0.5) is 4.39 Å². The van der Waals surface area contributed by atoms with Crippen molar-refractivity contribution in [3.63, 3.8) is 0 Å². The summed E-state index contributed by atoms with van der Waals surface area (Å²) in [5.74, 6) is 5.72. The first-order valence-electron chi connectivity index (χ1n) is 6.67. The van der Waals surface area contributed by atoms with Crippen molar-refractivity contribution in [3.05, 3.63) is 34.6 Å². The van der Waals surface area contributed by atoms with E-state index in [0.29, 0.717) is 22.9 Å². The van der Waals surface area contributed by atoms with Crippen LogP contribution in [0, 0.1) is 11.7 Å². The smallest absolute Gasteiger partial charge is 0.126 e. The van der Waals surface area contributed by atoms with Gasteiger partial charge < -0.3 is 4.74 Å². The van der Waals surface area contributed by atoms with Crippen molar-refractivity contribution < 1.29 is 9.13 Å². The van der Waals surface area contributed by atoms with Gasteiger partial charge in [0, 0.05) is 23.6 Å². The van der Waals surface area contributed by atoms with Crippen LogP contribution in [0.3, 0.4) is 0 Å². The third kappa shape index (κ3) is 3.45. The molecule has 1 aromatic rings. The molecule has 1 aliphatic rings. The first-order valence-corrected chi connectivity index (χ1v) is 7.05. The van der Waals surface area contributed by atoms with E-state index in [1.807, 2.05) is 0 Å². The van der Waals surface area contributed by atoms with E-state index in [1.54, 1.807) is 12.1 Å². The third-order valence-corrected chi connectivity index (χ3v) is 4.08. The molecular weight excluding hydrogens is 267 g/mol. The van der Waals surface area contributed by atoms with E-state index in [1.165, 1.54) is 6.07 Å². The van der Waals surface area contributed by atoms with E-state index >= 15 is 0 Å². The zero-order valence-corrected chi connectivity index (χ0v) is 11.8. The van der Waals surface area contributed by atoms with Gasteiger partial charge in [0.15, 0.2) is 0 Å². The predicted octanol–water partition coefficient (Wildman–Crippen LogP) is 2.67. The third-order valence-electron chi connectivity index (χ3n) is 3.84. The van der Waals surface area contributed by atoms with Crippen LogP contribution in [0.1, 0.15) is 25.3 Å². The van der Waals surface area contributed by atoms with E-state index in [0.717, 1.165) is 19.4 Å². The Kier molecular flexibility index (Phi) is 5.16. The Hall–Kier alpha value is -0.680. The van der Waals surface area contributed by atoms with E-state index < -0.39 is 0 Å². The fourth-order valence-electron chi connectivity index (χ4n) is 2.82. The quantitative estimate of drug-likeness (QED) is 0.646. The molecule has 0 spiro atoms. The molecule has 2 rings (SSSR count). The monoisotopic (exact) mass is 286 g/mol. The topological polar surface area (TPSA) is 47.3 Å². The van der Waals surface area contributed by atoms with Crippen molar-refractivity contribution in [1.29, 1.82) is 0 Å². The van der Waals surface area contributed by atoms with Gasteiger partial charge in [-0.05, 0) is 43.0 Å². The zero-order chi connectivity index (χ0) is 13.8. The predicted molar refractivity (Wildman–Crippen MR) is 74.4 cm³/mol. The number of hydrogen-bond donors (Lipinski definition) is 2. The van der Waals surface area contributed by atoms with Gasteiger partial charge in [-0.1, -0.05) is 18.5 Å². The number of benzene rings is 1. The largest absolute Gasteiger partial charge is 0.378 e. The molecule has 0 bridgehead atoms. The normalized spacial score (nSPS) is 24.6. The average Bonchev–Trinajstić information content (AvgIpc) is 2.88. The summed E-state index contributed by atoms with van der Waals surface area (Å²) in [7, 11) is 0. The van der Waals surface area contributed by atoms with Crippen molar-refractivity contribution in [1.82, 2.24) is 5.43 Å². The SMILES string of the molecule is CCC1OCCC1C(Cc1cc(Cl)ccc1F)NN. The Morgan fingerprint density at radius 2 is 2.37 bits per heavy atom. The average molecular weight is 287 g/mol. The minimum Gasteiger partial charge on any atom is -0.378 e. The van der Waals surface area contributed by atoms with Crippen molar-refractivity contribution in [2.75, 3.05) is 6.61 Å². The van der Waals surface area contributed by atoms with E-state index in [-0.39, 0.29) is 18.0 Å². The molecule has 0 saturated carbocycles. The highest BCUT2D eigenvalue weighted by molar-refractivity contribution is 6.30. The second kappa shape index (κ2) is 6.66. The fraction of sp³-hybridized carbons (Fsp3) is 0.571. The van der Waals surface area contributed by atoms with Gasteiger partial charge in [-0.25, -0.2) is 4.39 Å². The number of nitrogens with two attached hydrogens (primary N) is 1. The number of halogens is 2. The van der Waals surface area contributed by atoms with Crippen LogP contribution < -0.4 is 11.3 Å². The lowest BCUT2D eigenvalue weighted by molar-refractivity contribution is 0.0774. The second-order valence-electron chi connectivity index (χ2n) is 4.98. The molecular formula is C14H20ClFN2O. The highest BCUT2D eigenvalue weighted by Crippen LogP contribution is 2.28. The Morgan fingerprint density at radius 1 is 1.58 bits per heavy atom. The Morgan fingerprint density at radius 3 is 3.05 bits per heavy atom. The number of hydrogen-bond acceptors (Lipinski definition) is 3. The van der Waals surface area contributed by atoms with Crippen LogP contribution in [0.2, 0.25) is 5.02 Å². The summed E-state index contributed by atoms with van der Waals surface area (Å²) >= 11 is 5.92. The lowest BCUT2D eigenvalue weighted by atomic mass is 9.87. The van der Waals surface area contributed by atoms with Gasteiger partial charge in [0.25, 0.3) is 0 Å². The molecule has 1 fully saturated rings. The number of ether oxygens (including phenoxy) is 1. The van der Waals surface area contributed by atoms with Gasteiger partial charge in [-0.3, -0.25) is 11.3 Å². The molecule has 1 saturated heterocycles. The zero-order valence-electron chi connectivity index (χ0n) is 11.0. The van der Waals surface area contributed by atoms with Gasteiger partial charge in [0.1, 0.15) is 5.82 Å². The van der Waals surface area contributed by atoms with E-state index in [9.17, 15) is 4.39 Å². The molecule has 106 valence electrons. The van der Waals surface area contributed by atoms with Crippen molar-refractivity contribution in [3.8, 4) is 0 Å². The number of nitrogens with one attached hydrogen (secondary N) is 1. The Balaban J connectivity index is 2.12. The molecule has 1 aliphatic heterocycles. The summed E-state index contributed by atoms with van der Waals surface area (Å²) in [4.78, 5) is 0. The minimum absolute atomic E-state index is 0.000386. The first-order chi connectivity index (χ1) is 9.15. The first kappa shape index (κ1) is 14.7. The molecule has 0 aromatic heterocycles. The summed E-state index contributed by atoms with van der Waals surface area (Å²) in [6, 6.07) is 4.62. The molecule has 0 radical (unpaired) electrons. The highest BCUT2D eigenvalue weighted by Gasteiger charge is 2.33. The standard InChI is InChI=1S/C14H20ClFN2O/c1-2-14-11(5-6-19-14)13(18-17)8-9-7-10(15)3-4-12(9)16/h3-4,7,11,13-14,18H,2,5-6,8,17H2,1H3. The summed E-state index contributed by atoms with van der Waals surface area (Å²) in [6.45, 7) is 2.84. The van der Waals surface area contributed by atoms with Crippen LogP contribution in [0.25, 0.3) is 0 Å². The van der Waals surface area contributed by atoms with Crippen LogP contribution in [-0.4, -0.2) is 18.8 Å². The summed E-state index contributed by atoms with van der Waals surface area (Å²) in [6.07, 6.45) is 2.62. The molecule has 1 aromatic carbocycles. The maximum atomic E-state index is 13.8. The molecule has 0 aliphatic carbocycles. The fourth-order valence-corrected chi connectivity index (χ4v) is 3.01. The Labute approximate surface area is 118 Å². The maximum absolute atomic E-state index is 13.8. The molecule has 0 amide bonds. The molecule has 19 heavy (non-hydrogen) atoms. The van der Waals surface area contributed by atoms with E-state index in [2.05, 4.69) is 12.3 Å². The van der Waals surface area contributed by atoms with E-state index in [4.69, 9.17) is 22.2 Å². The summed E-state index contributed by atoms with van der Waals surface area (Å²) < 4.78 is 19.4. The number of rotatable bonds is 5. The second-order valence-corrected chi connectivity index (χ2v) is 5.42. The number of hydrazine groups is 1. The van der Waals surface area contributed by atoms with Gasteiger partial charge in [0.05, 0.1) is 6.10 Å². The van der Waals surface area contributed by atoms with Crippen LogP contribution in [-0.2, 0) is 11.2 Å². The van der Waals surface area contributed by atoms with Gasteiger partial charge in [-0.15, -0.1) is 0 Å². The molecule has 3 N–H and O–H groups in total. The van der Waals surface area contributed by atoms with Crippen LogP contribution >= 0.6 is 11.6 Å². The van der Waals surface area contributed by atoms with Crippen LogP contribution in [0.15, 0.2) is 18.2 Å². The molecule has 3 unspecified atom stereocenters. The molecule has 3 atom stereocenters. The maximum Gasteiger partial charge on any atom is 0.126 e. The van der Waals surface area contributed by atoms with Crippen molar-refractivity contribution >= 4 is 11.6 Å². The van der Waals surface area contributed by atoms with Crippen molar-refractivity contribution in [2.24, 2.45) is 11.8 Å². The van der Waals surface area contributed by atoms with Gasteiger partial charge in [0.2, 0.25) is 0 Å². The van der Waals surface area contributed by atoms with Gasteiger partial charge in [-0.2, -0.15) is 0 Å². The molecule has 3 nitrogen and oxygen atoms in total. The van der Waals surface area contributed by atoms with Gasteiger partial charge >= 0.3 is 0 Å². The Bertz CT molecular complexity index is 430. The highest BCUT2D eigenvalue weighted by atomic mass is 35.5. The summed E-state index contributed by atoms with van der Waals surface area (Å²) in [5, 5.41) is 0.543. The van der Waals surface area contributed by atoms with Crippen molar-refractivity contribution in [2.45, 2.75) is 38.3 Å². The lowest BCUT2D eigenvalue weighted by Gasteiger charge is -2.26. The molecule has 1 heterocycles. The lowest BCUT2D eigenvalue weighted by Crippen LogP contribution is -2.45. The molecule has 5 heteroatoms. The summed E-state index contributed by atoms with van der Waals surface area (Å²) in [5.41, 5.74) is 3.41. The van der Waals surface area contributed by atoms with Crippen LogP contribution in [0.5, 0.6) is 0 Å². The minimum atomic E-state index is -0.239.